The monoisotopic (exact) mass is 419 g/mol. The Labute approximate surface area is 183 Å². The summed E-state index contributed by atoms with van der Waals surface area (Å²) < 4.78 is 0. The van der Waals surface area contributed by atoms with Gasteiger partial charge >= 0.3 is 0 Å². The molecule has 2 aromatic carbocycles. The first-order valence-corrected chi connectivity index (χ1v) is 10.8. The van der Waals surface area contributed by atoms with Crippen LogP contribution in [-0.4, -0.2) is 40.7 Å². The van der Waals surface area contributed by atoms with Crippen molar-refractivity contribution in [1.29, 1.82) is 0 Å². The van der Waals surface area contributed by atoms with Crippen LogP contribution in [0.2, 0.25) is 0 Å². The maximum atomic E-state index is 13.6. The Kier molecular flexibility index (Phi) is 5.33. The molecule has 3 amide bonds. The molecule has 2 aliphatic rings. The van der Waals surface area contributed by atoms with Crippen LogP contribution in [0.15, 0.2) is 54.6 Å². The number of benzene rings is 2. The molecule has 31 heavy (non-hydrogen) atoms. The molecule has 0 bridgehead atoms. The zero-order valence-electron chi connectivity index (χ0n) is 18.3. The second-order valence-electron chi connectivity index (χ2n) is 9.07. The first-order valence-electron chi connectivity index (χ1n) is 10.8. The van der Waals surface area contributed by atoms with Crippen LogP contribution in [0.3, 0.4) is 0 Å². The number of hydrogen-bond acceptors (Lipinski definition) is 3. The predicted octanol–water partition coefficient (Wildman–Crippen LogP) is 3.02. The third-order valence-corrected chi connectivity index (χ3v) is 6.59. The van der Waals surface area contributed by atoms with Gasteiger partial charge in [0.25, 0.3) is 0 Å². The lowest BCUT2D eigenvalue weighted by Gasteiger charge is -2.38. The molecule has 1 spiro atoms. The molecule has 162 valence electrons. The van der Waals surface area contributed by atoms with E-state index in [9.17, 15) is 14.4 Å². The normalized spacial score (nSPS) is 22.4. The molecule has 6 nitrogen and oxygen atoms in total. The van der Waals surface area contributed by atoms with Gasteiger partial charge in [-0.1, -0.05) is 48.5 Å². The van der Waals surface area contributed by atoms with E-state index in [-0.39, 0.29) is 23.8 Å². The molecule has 2 atom stereocenters. The molecule has 4 rings (SSSR count). The van der Waals surface area contributed by atoms with E-state index in [0.29, 0.717) is 19.4 Å². The molecule has 0 unspecified atom stereocenters. The molecule has 0 aromatic heterocycles. The summed E-state index contributed by atoms with van der Waals surface area (Å²) in [5.74, 6) is -0.453. The number of anilines is 1. The van der Waals surface area contributed by atoms with Crippen LogP contribution in [0.25, 0.3) is 0 Å². The molecule has 0 radical (unpaired) electrons. The Hall–Kier alpha value is -3.15. The van der Waals surface area contributed by atoms with Crippen molar-refractivity contribution in [2.24, 2.45) is 0 Å². The molecule has 2 heterocycles. The van der Waals surface area contributed by atoms with Gasteiger partial charge in [0.15, 0.2) is 0 Å². The van der Waals surface area contributed by atoms with Crippen molar-refractivity contribution < 1.29 is 14.4 Å². The van der Waals surface area contributed by atoms with Crippen molar-refractivity contribution in [2.75, 3.05) is 11.9 Å². The number of amides is 3. The van der Waals surface area contributed by atoms with E-state index in [2.05, 4.69) is 22.8 Å². The largest absolute Gasteiger partial charge is 0.342 e. The average molecular weight is 420 g/mol. The van der Waals surface area contributed by atoms with Crippen molar-refractivity contribution in [3.05, 3.63) is 65.7 Å². The maximum absolute atomic E-state index is 13.6. The van der Waals surface area contributed by atoms with Gasteiger partial charge in [-0.3, -0.25) is 14.4 Å². The van der Waals surface area contributed by atoms with E-state index in [0.717, 1.165) is 17.7 Å². The lowest BCUT2D eigenvalue weighted by Crippen LogP contribution is -2.58. The number of carbonyl (C=O) groups is 3. The molecule has 2 aliphatic heterocycles. The zero-order chi connectivity index (χ0) is 22.2. The summed E-state index contributed by atoms with van der Waals surface area (Å²) >= 11 is 0. The van der Waals surface area contributed by atoms with Crippen LogP contribution in [0.4, 0.5) is 5.69 Å². The number of hydrogen-bond donors (Lipinski definition) is 2. The minimum atomic E-state index is -1.04. The summed E-state index contributed by atoms with van der Waals surface area (Å²) in [5.41, 5.74) is 1.15. The summed E-state index contributed by atoms with van der Waals surface area (Å²) in [7, 11) is 0. The minimum absolute atomic E-state index is 0.0422. The third-order valence-electron chi connectivity index (χ3n) is 6.59. The Morgan fingerprint density at radius 1 is 1.13 bits per heavy atom. The van der Waals surface area contributed by atoms with E-state index < -0.39 is 11.0 Å². The van der Waals surface area contributed by atoms with Crippen LogP contribution >= 0.6 is 0 Å². The van der Waals surface area contributed by atoms with Crippen LogP contribution in [-0.2, 0) is 26.2 Å². The van der Waals surface area contributed by atoms with Crippen LogP contribution in [0.1, 0.15) is 44.7 Å². The molecule has 2 aromatic rings. The predicted molar refractivity (Wildman–Crippen MR) is 120 cm³/mol. The lowest BCUT2D eigenvalue weighted by molar-refractivity contribution is -0.141. The van der Waals surface area contributed by atoms with Gasteiger partial charge in [-0.05, 0) is 50.3 Å². The van der Waals surface area contributed by atoms with E-state index in [1.165, 1.54) is 12.5 Å². The highest BCUT2D eigenvalue weighted by molar-refractivity contribution is 6.08. The lowest BCUT2D eigenvalue weighted by atomic mass is 9.73. The maximum Gasteiger partial charge on any atom is 0.248 e. The topological polar surface area (TPSA) is 78.5 Å². The van der Waals surface area contributed by atoms with Gasteiger partial charge in [0, 0.05) is 19.2 Å². The average Bonchev–Trinajstić information content (AvgIpc) is 3.25. The fourth-order valence-corrected chi connectivity index (χ4v) is 5.25. The van der Waals surface area contributed by atoms with Crippen molar-refractivity contribution in [3.8, 4) is 0 Å². The third kappa shape index (κ3) is 3.60. The summed E-state index contributed by atoms with van der Waals surface area (Å²) in [4.78, 5) is 40.4. The number of likely N-dealkylation sites (tertiary alicyclic amines) is 1. The number of nitrogens with one attached hydrogen (secondary N) is 2. The number of rotatable bonds is 5. The van der Waals surface area contributed by atoms with E-state index in [1.807, 2.05) is 47.4 Å². The van der Waals surface area contributed by atoms with Gasteiger partial charge in [-0.25, -0.2) is 0 Å². The fourth-order valence-electron chi connectivity index (χ4n) is 5.25. The van der Waals surface area contributed by atoms with Crippen molar-refractivity contribution >= 4 is 23.4 Å². The van der Waals surface area contributed by atoms with Gasteiger partial charge in [-0.15, -0.1) is 0 Å². The zero-order valence-corrected chi connectivity index (χ0v) is 18.3. The van der Waals surface area contributed by atoms with Gasteiger partial charge in [0.05, 0.1) is 11.5 Å². The molecule has 1 fully saturated rings. The molecular formula is C25H29N3O3. The number of aryl methyl sites for hydroxylation is 1. The quantitative estimate of drug-likeness (QED) is 0.782. The Morgan fingerprint density at radius 2 is 1.81 bits per heavy atom. The first-order chi connectivity index (χ1) is 14.8. The molecule has 1 saturated heterocycles. The number of carbonyl (C=O) groups excluding carboxylic acids is 3. The Balaban J connectivity index is 1.72. The van der Waals surface area contributed by atoms with Crippen LogP contribution < -0.4 is 10.6 Å². The first kappa shape index (κ1) is 21.1. The van der Waals surface area contributed by atoms with E-state index in [4.69, 9.17) is 0 Å². The summed E-state index contributed by atoms with van der Waals surface area (Å²) in [6.45, 7) is 5.33. The van der Waals surface area contributed by atoms with Crippen LogP contribution in [0, 0.1) is 0 Å². The Morgan fingerprint density at radius 3 is 2.52 bits per heavy atom. The minimum Gasteiger partial charge on any atom is -0.342 e. The fraction of sp³-hybridized carbons (Fsp3) is 0.400. The number of para-hydroxylation sites is 1. The summed E-state index contributed by atoms with van der Waals surface area (Å²) in [5, 5.41) is 5.81. The second kappa shape index (κ2) is 7.84. The van der Waals surface area contributed by atoms with Gasteiger partial charge in [-0.2, -0.15) is 0 Å². The molecule has 0 saturated carbocycles. The summed E-state index contributed by atoms with van der Waals surface area (Å²) in [6.07, 6.45) is 1.98. The second-order valence-corrected chi connectivity index (χ2v) is 9.07. The summed E-state index contributed by atoms with van der Waals surface area (Å²) in [6, 6.07) is 17.6. The van der Waals surface area contributed by atoms with E-state index >= 15 is 0 Å². The smallest absolute Gasteiger partial charge is 0.248 e. The van der Waals surface area contributed by atoms with Gasteiger partial charge < -0.3 is 15.5 Å². The van der Waals surface area contributed by atoms with Crippen molar-refractivity contribution in [3.63, 3.8) is 0 Å². The highest BCUT2D eigenvalue weighted by Gasteiger charge is 2.59. The SMILES string of the molecule is CC(=O)NC(C)(C)C(=O)N1CC[C@@]2(C(=O)Nc3ccccc32)[C@@H]1CCc1ccccc1. The number of nitrogens with zero attached hydrogens (tertiary/aromatic N) is 1. The van der Waals surface area contributed by atoms with Crippen molar-refractivity contribution in [1.82, 2.24) is 10.2 Å². The highest BCUT2D eigenvalue weighted by Crippen LogP contribution is 2.49. The number of fused-ring (bicyclic) bond motifs is 2. The molecule has 2 N–H and O–H groups in total. The van der Waals surface area contributed by atoms with Crippen molar-refractivity contribution in [2.45, 2.75) is 57.0 Å². The standard InChI is InChI=1S/C25H29N3O3/c1-17(29)27-24(2,3)23(31)28-16-15-25(19-11-7-8-12-20(19)26-22(25)30)21(28)14-13-18-9-5-4-6-10-18/h4-12,21H,13-16H2,1-3H3,(H,26,30)(H,27,29)/t21-,25-/m0/s1. The molecule has 6 heteroatoms. The van der Waals surface area contributed by atoms with Gasteiger partial charge in [0.1, 0.15) is 5.54 Å². The van der Waals surface area contributed by atoms with E-state index in [1.54, 1.807) is 13.8 Å². The Bertz CT molecular complexity index is 1020. The highest BCUT2D eigenvalue weighted by atomic mass is 16.2. The molecule has 0 aliphatic carbocycles. The molecular weight excluding hydrogens is 390 g/mol. The van der Waals surface area contributed by atoms with Crippen LogP contribution in [0.5, 0.6) is 0 Å². The van der Waals surface area contributed by atoms with Gasteiger partial charge in [0.2, 0.25) is 17.7 Å².